The van der Waals surface area contributed by atoms with Crippen LogP contribution in [0.3, 0.4) is 0 Å². The summed E-state index contributed by atoms with van der Waals surface area (Å²) in [4.78, 5) is 5.66. The first kappa shape index (κ1) is 13.1. The number of thiazole rings is 1. The highest BCUT2D eigenvalue weighted by atomic mass is 35.5. The SMILES string of the molecule is Cc1cnc(CNC2CC(c3ccc(Cl)cc3)C2)s1. The van der Waals surface area contributed by atoms with Crippen LogP contribution in [0.1, 0.15) is 34.2 Å². The predicted octanol–water partition coefficient (Wildman–Crippen LogP) is 4.14. The maximum atomic E-state index is 5.91. The van der Waals surface area contributed by atoms with Crippen molar-refractivity contribution >= 4 is 22.9 Å². The molecule has 1 aromatic heterocycles. The van der Waals surface area contributed by atoms with Crippen LogP contribution in [0.5, 0.6) is 0 Å². The van der Waals surface area contributed by atoms with Gasteiger partial charge in [-0.3, -0.25) is 0 Å². The highest BCUT2D eigenvalue weighted by molar-refractivity contribution is 7.11. The summed E-state index contributed by atoms with van der Waals surface area (Å²) in [6, 6.07) is 8.89. The molecule has 0 spiro atoms. The summed E-state index contributed by atoms with van der Waals surface area (Å²) in [5.74, 6) is 0.688. The van der Waals surface area contributed by atoms with E-state index in [0.717, 1.165) is 11.6 Å². The molecule has 1 N–H and O–H groups in total. The maximum absolute atomic E-state index is 5.91. The number of nitrogens with zero attached hydrogens (tertiary/aromatic N) is 1. The molecule has 100 valence electrons. The van der Waals surface area contributed by atoms with Gasteiger partial charge in [0.05, 0.1) is 0 Å². The molecule has 1 aliphatic carbocycles. The van der Waals surface area contributed by atoms with Crippen LogP contribution in [0.2, 0.25) is 5.02 Å². The monoisotopic (exact) mass is 292 g/mol. The average molecular weight is 293 g/mol. The highest BCUT2D eigenvalue weighted by Crippen LogP contribution is 2.37. The van der Waals surface area contributed by atoms with Crippen molar-refractivity contribution in [3.8, 4) is 0 Å². The first-order chi connectivity index (χ1) is 9.20. The summed E-state index contributed by atoms with van der Waals surface area (Å²) in [5.41, 5.74) is 1.41. The topological polar surface area (TPSA) is 24.9 Å². The summed E-state index contributed by atoms with van der Waals surface area (Å²) in [5, 5.41) is 5.59. The molecule has 0 radical (unpaired) electrons. The molecule has 0 aliphatic heterocycles. The van der Waals surface area contributed by atoms with Gasteiger partial charge in [0.1, 0.15) is 5.01 Å². The molecule has 3 rings (SSSR count). The van der Waals surface area contributed by atoms with Crippen LogP contribution in [0.25, 0.3) is 0 Å². The highest BCUT2D eigenvalue weighted by Gasteiger charge is 2.29. The van der Waals surface area contributed by atoms with Gasteiger partial charge in [-0.1, -0.05) is 23.7 Å². The van der Waals surface area contributed by atoms with Gasteiger partial charge in [0.25, 0.3) is 0 Å². The molecule has 1 aliphatic rings. The Labute approximate surface area is 122 Å². The Morgan fingerprint density at radius 3 is 2.68 bits per heavy atom. The molecule has 0 amide bonds. The van der Waals surface area contributed by atoms with Crippen molar-refractivity contribution in [3.05, 3.63) is 50.9 Å². The molecule has 1 heterocycles. The summed E-state index contributed by atoms with van der Waals surface area (Å²) in [7, 11) is 0. The quantitative estimate of drug-likeness (QED) is 0.916. The number of hydrogen-bond acceptors (Lipinski definition) is 3. The largest absolute Gasteiger partial charge is 0.308 e. The molecule has 19 heavy (non-hydrogen) atoms. The van der Waals surface area contributed by atoms with E-state index in [1.165, 1.54) is 28.3 Å². The van der Waals surface area contributed by atoms with Gasteiger partial charge in [0.15, 0.2) is 0 Å². The van der Waals surface area contributed by atoms with Crippen molar-refractivity contribution in [1.82, 2.24) is 10.3 Å². The molecular weight excluding hydrogens is 276 g/mol. The second-order valence-electron chi connectivity index (χ2n) is 5.16. The van der Waals surface area contributed by atoms with Crippen molar-refractivity contribution in [3.63, 3.8) is 0 Å². The summed E-state index contributed by atoms with van der Waals surface area (Å²) < 4.78 is 0. The van der Waals surface area contributed by atoms with Gasteiger partial charge in [0.2, 0.25) is 0 Å². The van der Waals surface area contributed by atoms with Crippen molar-refractivity contribution in [1.29, 1.82) is 0 Å². The van der Waals surface area contributed by atoms with Gasteiger partial charge in [-0.05, 0) is 43.4 Å². The van der Waals surface area contributed by atoms with Crippen LogP contribution in [0.15, 0.2) is 30.5 Å². The minimum Gasteiger partial charge on any atom is -0.308 e. The third-order valence-electron chi connectivity index (χ3n) is 3.69. The molecule has 1 saturated carbocycles. The first-order valence-corrected chi connectivity index (χ1v) is 7.80. The Balaban J connectivity index is 1.46. The second-order valence-corrected chi connectivity index (χ2v) is 6.92. The van der Waals surface area contributed by atoms with Crippen molar-refractivity contribution in [2.75, 3.05) is 0 Å². The van der Waals surface area contributed by atoms with E-state index in [9.17, 15) is 0 Å². The summed E-state index contributed by atoms with van der Waals surface area (Å²) in [6.07, 6.45) is 4.37. The van der Waals surface area contributed by atoms with Crippen LogP contribution in [-0.4, -0.2) is 11.0 Å². The van der Waals surface area contributed by atoms with Crippen LogP contribution in [-0.2, 0) is 6.54 Å². The number of nitrogens with one attached hydrogen (secondary N) is 1. The molecular formula is C15H17ClN2S. The zero-order chi connectivity index (χ0) is 13.2. The lowest BCUT2D eigenvalue weighted by Gasteiger charge is -2.36. The third-order valence-corrected chi connectivity index (χ3v) is 4.86. The molecule has 0 saturated heterocycles. The lowest BCUT2D eigenvalue weighted by atomic mass is 9.76. The minimum absolute atomic E-state index is 0.630. The Morgan fingerprint density at radius 1 is 1.32 bits per heavy atom. The average Bonchev–Trinajstić information content (AvgIpc) is 2.75. The zero-order valence-corrected chi connectivity index (χ0v) is 12.5. The van der Waals surface area contributed by atoms with Crippen molar-refractivity contribution < 1.29 is 0 Å². The van der Waals surface area contributed by atoms with Gasteiger partial charge in [-0.15, -0.1) is 11.3 Å². The van der Waals surface area contributed by atoms with Gasteiger partial charge in [-0.25, -0.2) is 4.98 Å². The lowest BCUT2D eigenvalue weighted by Crippen LogP contribution is -2.39. The number of rotatable bonds is 4. The van der Waals surface area contributed by atoms with Crippen LogP contribution in [0.4, 0.5) is 0 Å². The molecule has 4 heteroatoms. The van der Waals surface area contributed by atoms with Crippen molar-refractivity contribution in [2.24, 2.45) is 0 Å². The van der Waals surface area contributed by atoms with E-state index < -0.39 is 0 Å². The van der Waals surface area contributed by atoms with E-state index >= 15 is 0 Å². The number of halogens is 1. The molecule has 1 aromatic carbocycles. The van der Waals surface area contributed by atoms with Gasteiger partial charge in [-0.2, -0.15) is 0 Å². The van der Waals surface area contributed by atoms with Gasteiger partial charge >= 0.3 is 0 Å². The maximum Gasteiger partial charge on any atom is 0.107 e. The fraction of sp³-hybridized carbons (Fsp3) is 0.400. The van der Waals surface area contributed by atoms with E-state index in [4.69, 9.17) is 11.6 Å². The van der Waals surface area contributed by atoms with Crippen molar-refractivity contribution in [2.45, 2.75) is 38.3 Å². The molecule has 1 fully saturated rings. The fourth-order valence-corrected chi connectivity index (χ4v) is 3.37. The summed E-state index contributed by atoms with van der Waals surface area (Å²) >= 11 is 7.68. The zero-order valence-electron chi connectivity index (χ0n) is 10.9. The van der Waals surface area contributed by atoms with Gasteiger partial charge in [0, 0.05) is 28.7 Å². The fourth-order valence-electron chi connectivity index (χ4n) is 2.51. The Hall–Kier alpha value is -0.900. The van der Waals surface area contributed by atoms with Crippen LogP contribution < -0.4 is 5.32 Å². The molecule has 0 unspecified atom stereocenters. The normalized spacial score (nSPS) is 22.2. The molecule has 2 nitrogen and oxygen atoms in total. The van der Waals surface area contributed by atoms with E-state index in [0.29, 0.717) is 12.0 Å². The summed E-state index contributed by atoms with van der Waals surface area (Å²) in [6.45, 7) is 3.00. The molecule has 0 atom stereocenters. The number of aromatic nitrogens is 1. The predicted molar refractivity (Wildman–Crippen MR) is 80.9 cm³/mol. The number of benzene rings is 1. The number of hydrogen-bond donors (Lipinski definition) is 1. The Bertz CT molecular complexity index is 544. The number of aryl methyl sites for hydroxylation is 1. The minimum atomic E-state index is 0.630. The molecule has 2 aromatic rings. The van der Waals surface area contributed by atoms with E-state index in [2.05, 4.69) is 29.4 Å². The van der Waals surface area contributed by atoms with E-state index in [1.54, 1.807) is 11.3 Å². The standard InChI is InChI=1S/C15H17ClN2S/c1-10-8-18-15(19-10)9-17-14-6-12(7-14)11-2-4-13(16)5-3-11/h2-5,8,12,14,17H,6-7,9H2,1H3. The second kappa shape index (κ2) is 5.61. The Morgan fingerprint density at radius 2 is 2.05 bits per heavy atom. The lowest BCUT2D eigenvalue weighted by molar-refractivity contribution is 0.289. The smallest absolute Gasteiger partial charge is 0.107 e. The van der Waals surface area contributed by atoms with E-state index in [1.807, 2.05) is 18.3 Å². The first-order valence-electron chi connectivity index (χ1n) is 6.61. The third kappa shape index (κ3) is 3.16. The molecule has 0 bridgehead atoms. The Kier molecular flexibility index (Phi) is 3.87. The van der Waals surface area contributed by atoms with E-state index in [-0.39, 0.29) is 0 Å². The van der Waals surface area contributed by atoms with Gasteiger partial charge < -0.3 is 5.32 Å². The van der Waals surface area contributed by atoms with Crippen LogP contribution in [0, 0.1) is 6.92 Å². The van der Waals surface area contributed by atoms with Crippen LogP contribution >= 0.6 is 22.9 Å².